The third-order valence-corrected chi connectivity index (χ3v) is 8.45. The number of ketones is 1. The molecule has 0 unspecified atom stereocenters. The molecule has 5 rings (SSSR count). The van der Waals surface area contributed by atoms with Crippen LogP contribution in [0.5, 0.6) is 0 Å². The second kappa shape index (κ2) is 9.03. The van der Waals surface area contributed by atoms with Gasteiger partial charge in [-0.25, -0.2) is 4.39 Å². The van der Waals surface area contributed by atoms with E-state index in [-0.39, 0.29) is 17.5 Å². The number of piperidine rings is 1. The number of halogens is 1. The van der Waals surface area contributed by atoms with E-state index in [0.29, 0.717) is 24.6 Å². The fourth-order valence-electron chi connectivity index (χ4n) is 5.38. The number of fused-ring (bicyclic) bond motifs is 2. The molecule has 2 aliphatic heterocycles. The number of nitrogens with zero attached hydrogens (tertiary/aromatic N) is 2. The van der Waals surface area contributed by atoms with Gasteiger partial charge in [-0.05, 0) is 69.3 Å². The molecule has 1 saturated heterocycles. The minimum absolute atomic E-state index is 0.0957. The van der Waals surface area contributed by atoms with Gasteiger partial charge in [0.05, 0.1) is 12.8 Å². The minimum Gasteiger partial charge on any atom is -0.464 e. The van der Waals surface area contributed by atoms with Gasteiger partial charge in [-0.15, -0.1) is 11.3 Å². The highest BCUT2D eigenvalue weighted by atomic mass is 32.1. The molecule has 1 amide bonds. The first kappa shape index (κ1) is 22.3. The molecule has 7 heteroatoms. The van der Waals surface area contributed by atoms with Crippen LogP contribution in [0.3, 0.4) is 0 Å². The average molecular weight is 469 g/mol. The van der Waals surface area contributed by atoms with Crippen molar-refractivity contribution in [3.05, 3.63) is 56.7 Å². The summed E-state index contributed by atoms with van der Waals surface area (Å²) in [6, 6.07) is 4.78. The van der Waals surface area contributed by atoms with Crippen molar-refractivity contribution in [2.75, 3.05) is 26.2 Å². The lowest BCUT2D eigenvalue weighted by molar-refractivity contribution is -0.129. The van der Waals surface area contributed by atoms with Gasteiger partial charge < -0.3 is 14.2 Å². The lowest BCUT2D eigenvalue weighted by Gasteiger charge is -2.31. The third kappa shape index (κ3) is 4.36. The lowest BCUT2D eigenvalue weighted by Crippen LogP contribution is -2.34. The summed E-state index contributed by atoms with van der Waals surface area (Å²) < 4.78 is 19.1. The van der Waals surface area contributed by atoms with Gasteiger partial charge in [-0.2, -0.15) is 0 Å². The normalized spacial score (nSPS) is 17.5. The Bertz CT molecular complexity index is 1210. The zero-order valence-electron chi connectivity index (χ0n) is 19.2. The summed E-state index contributed by atoms with van der Waals surface area (Å²) in [6.45, 7) is 7.52. The Balaban J connectivity index is 1.23. The highest BCUT2D eigenvalue weighted by Crippen LogP contribution is 2.36. The largest absolute Gasteiger partial charge is 0.464 e. The molecule has 0 bridgehead atoms. The van der Waals surface area contributed by atoms with Gasteiger partial charge >= 0.3 is 0 Å². The van der Waals surface area contributed by atoms with Crippen molar-refractivity contribution in [3.63, 3.8) is 0 Å². The van der Waals surface area contributed by atoms with Gasteiger partial charge in [-0.1, -0.05) is 0 Å². The number of carbonyl (C=O) groups excluding carboxylic acids is 2. The maximum absolute atomic E-state index is 13.5. The number of rotatable bonds is 5. The minimum atomic E-state index is -0.271. The topological polar surface area (TPSA) is 53.8 Å². The van der Waals surface area contributed by atoms with Crippen molar-refractivity contribution >= 4 is 34.0 Å². The van der Waals surface area contributed by atoms with E-state index in [1.165, 1.54) is 33.0 Å². The van der Waals surface area contributed by atoms with Gasteiger partial charge in [0.15, 0.2) is 5.78 Å². The van der Waals surface area contributed by atoms with Crippen molar-refractivity contribution in [1.29, 1.82) is 0 Å². The van der Waals surface area contributed by atoms with Crippen LogP contribution in [0.15, 0.2) is 28.9 Å². The van der Waals surface area contributed by atoms with E-state index in [2.05, 4.69) is 4.90 Å². The molecule has 1 aromatic carbocycles. The van der Waals surface area contributed by atoms with E-state index in [4.69, 9.17) is 4.42 Å². The van der Waals surface area contributed by atoms with Gasteiger partial charge in [-0.3, -0.25) is 9.59 Å². The van der Waals surface area contributed by atoms with Crippen LogP contribution in [0.25, 0.3) is 11.0 Å². The fraction of sp³-hybridized carbons (Fsp3) is 0.462. The highest BCUT2D eigenvalue weighted by molar-refractivity contribution is 7.12. The van der Waals surface area contributed by atoms with Gasteiger partial charge in [0, 0.05) is 52.3 Å². The zero-order chi connectivity index (χ0) is 23.1. The smallest absolute Gasteiger partial charge is 0.219 e. The van der Waals surface area contributed by atoms with E-state index in [0.717, 1.165) is 56.3 Å². The molecule has 0 saturated carbocycles. The summed E-state index contributed by atoms with van der Waals surface area (Å²) in [6.07, 6.45) is 5.52. The summed E-state index contributed by atoms with van der Waals surface area (Å²) in [5, 5.41) is 1.02. The summed E-state index contributed by atoms with van der Waals surface area (Å²) in [5.74, 6) is 0.388. The Morgan fingerprint density at radius 2 is 1.97 bits per heavy atom. The highest BCUT2D eigenvalue weighted by Gasteiger charge is 2.28. The summed E-state index contributed by atoms with van der Waals surface area (Å²) in [4.78, 5) is 30.9. The molecule has 33 heavy (non-hydrogen) atoms. The Morgan fingerprint density at radius 1 is 1.18 bits per heavy atom. The van der Waals surface area contributed by atoms with Gasteiger partial charge in [0.25, 0.3) is 0 Å². The number of hydrogen-bond acceptors (Lipinski definition) is 5. The number of benzene rings is 1. The predicted octanol–water partition coefficient (Wildman–Crippen LogP) is 5.16. The van der Waals surface area contributed by atoms with E-state index >= 15 is 0 Å². The molecule has 0 aliphatic carbocycles. The number of carbonyl (C=O) groups is 2. The quantitative estimate of drug-likeness (QED) is 0.485. The molecule has 3 aromatic rings. The van der Waals surface area contributed by atoms with Gasteiger partial charge in [0.2, 0.25) is 5.91 Å². The van der Waals surface area contributed by atoms with Crippen LogP contribution < -0.4 is 0 Å². The second-order valence-corrected chi connectivity index (χ2v) is 10.4. The number of Topliss-reactive ketones (excluding diaryl/α,β-unsaturated/α-hetero) is 1. The first-order valence-electron chi connectivity index (χ1n) is 11.7. The van der Waals surface area contributed by atoms with Crippen LogP contribution in [0.1, 0.15) is 63.8 Å². The monoisotopic (exact) mass is 468 g/mol. The molecular weight excluding hydrogens is 439 g/mol. The van der Waals surface area contributed by atoms with Crippen LogP contribution in [0, 0.1) is 5.82 Å². The SMILES string of the molecule is CC(=O)c1c(CCN2CCC(c3coc4cc(F)ccc34)CC2)sc2c1CCN(C(C)=O)C2. The maximum Gasteiger partial charge on any atom is 0.219 e. The molecule has 4 heterocycles. The zero-order valence-corrected chi connectivity index (χ0v) is 20.0. The van der Waals surface area contributed by atoms with Crippen LogP contribution in [0.4, 0.5) is 4.39 Å². The van der Waals surface area contributed by atoms with E-state index in [1.807, 2.05) is 11.0 Å². The molecule has 2 aromatic heterocycles. The van der Waals surface area contributed by atoms with Crippen molar-refractivity contribution in [3.8, 4) is 0 Å². The Morgan fingerprint density at radius 3 is 2.70 bits per heavy atom. The number of thiophene rings is 1. The summed E-state index contributed by atoms with van der Waals surface area (Å²) in [5.41, 5.74) is 3.88. The lowest BCUT2D eigenvalue weighted by atomic mass is 9.89. The predicted molar refractivity (Wildman–Crippen MR) is 127 cm³/mol. The molecular formula is C26H29FN2O3S. The summed E-state index contributed by atoms with van der Waals surface area (Å²) >= 11 is 1.72. The first-order chi connectivity index (χ1) is 15.9. The van der Waals surface area contributed by atoms with Crippen molar-refractivity contribution in [2.24, 2.45) is 0 Å². The Kier molecular flexibility index (Phi) is 6.10. The molecule has 5 nitrogen and oxygen atoms in total. The van der Waals surface area contributed by atoms with Crippen LogP contribution in [-0.2, 0) is 24.2 Å². The Hall–Kier alpha value is -2.51. The molecule has 174 valence electrons. The van der Waals surface area contributed by atoms with E-state index in [1.54, 1.807) is 31.4 Å². The standard InChI is InChI=1S/C26H29FN2O3S/c1-16(30)26-21-7-12-29(17(2)31)14-25(21)33-24(26)8-11-28-9-5-18(6-10-28)22-15-32-23-13-19(27)3-4-20(22)23/h3-4,13,15,18H,5-12,14H2,1-2H3. The van der Waals surface area contributed by atoms with Gasteiger partial charge in [0.1, 0.15) is 11.4 Å². The molecule has 1 fully saturated rings. The number of amides is 1. The van der Waals surface area contributed by atoms with E-state index < -0.39 is 0 Å². The molecule has 0 radical (unpaired) electrons. The number of furan rings is 1. The van der Waals surface area contributed by atoms with Crippen LogP contribution >= 0.6 is 11.3 Å². The van der Waals surface area contributed by atoms with Crippen LogP contribution in [0.2, 0.25) is 0 Å². The third-order valence-electron chi connectivity index (χ3n) is 7.18. The van der Waals surface area contributed by atoms with Crippen molar-refractivity contribution < 1.29 is 18.4 Å². The number of hydrogen-bond donors (Lipinski definition) is 0. The summed E-state index contributed by atoms with van der Waals surface area (Å²) in [7, 11) is 0. The molecule has 0 atom stereocenters. The van der Waals surface area contributed by atoms with Crippen molar-refractivity contribution in [2.45, 2.75) is 52.0 Å². The molecule has 2 aliphatic rings. The Labute approximate surface area is 197 Å². The average Bonchev–Trinajstić information content (AvgIpc) is 3.38. The number of likely N-dealkylation sites (tertiary alicyclic amines) is 1. The van der Waals surface area contributed by atoms with E-state index in [9.17, 15) is 14.0 Å². The van der Waals surface area contributed by atoms with Crippen molar-refractivity contribution in [1.82, 2.24) is 9.80 Å². The first-order valence-corrected chi connectivity index (χ1v) is 12.5. The second-order valence-electron chi connectivity index (χ2n) is 9.25. The molecule has 0 spiro atoms. The maximum atomic E-state index is 13.5. The van der Waals surface area contributed by atoms with Crippen LogP contribution in [-0.4, -0.2) is 47.7 Å². The fourth-order valence-corrected chi connectivity index (χ4v) is 6.79. The molecule has 0 N–H and O–H groups in total.